The number of amides is 2. The Kier molecular flexibility index (Phi) is 4.31. The van der Waals surface area contributed by atoms with Crippen LogP contribution in [0.1, 0.15) is 20.2 Å². The SMILES string of the molecule is Cc1cnc(CNC(=O)Nc2ccccc2C(=O)O)s1. The van der Waals surface area contributed by atoms with Crippen LogP contribution in [0.15, 0.2) is 30.5 Å². The van der Waals surface area contributed by atoms with Crippen molar-refractivity contribution in [1.82, 2.24) is 10.3 Å². The maximum absolute atomic E-state index is 11.7. The zero-order valence-electron chi connectivity index (χ0n) is 10.7. The van der Waals surface area contributed by atoms with Gasteiger partial charge in [-0.25, -0.2) is 14.6 Å². The third-order valence-corrected chi connectivity index (χ3v) is 3.39. The summed E-state index contributed by atoms with van der Waals surface area (Å²) in [7, 11) is 0. The Bertz CT molecular complexity index is 639. The first-order valence-corrected chi connectivity index (χ1v) is 6.66. The number of carbonyl (C=O) groups is 2. The molecule has 0 saturated heterocycles. The van der Waals surface area contributed by atoms with E-state index in [4.69, 9.17) is 5.11 Å². The Labute approximate surface area is 119 Å². The van der Waals surface area contributed by atoms with Gasteiger partial charge in [-0.2, -0.15) is 0 Å². The van der Waals surface area contributed by atoms with Crippen LogP contribution in [-0.2, 0) is 6.54 Å². The average Bonchev–Trinajstić information content (AvgIpc) is 2.83. The van der Waals surface area contributed by atoms with Crippen LogP contribution in [-0.4, -0.2) is 22.1 Å². The normalized spacial score (nSPS) is 10.1. The number of hydrogen-bond donors (Lipinski definition) is 3. The van der Waals surface area contributed by atoms with Gasteiger partial charge in [0.05, 0.1) is 17.8 Å². The van der Waals surface area contributed by atoms with Crippen molar-refractivity contribution in [2.45, 2.75) is 13.5 Å². The minimum atomic E-state index is -1.09. The van der Waals surface area contributed by atoms with Gasteiger partial charge in [-0.05, 0) is 19.1 Å². The van der Waals surface area contributed by atoms with Gasteiger partial charge in [-0.15, -0.1) is 11.3 Å². The summed E-state index contributed by atoms with van der Waals surface area (Å²) in [6.45, 7) is 2.24. The standard InChI is InChI=1S/C13H13N3O3S/c1-8-6-14-11(20-8)7-15-13(19)16-10-5-3-2-4-9(10)12(17)18/h2-6H,7H2,1H3,(H,17,18)(H2,15,16,19). The van der Waals surface area contributed by atoms with Crippen molar-refractivity contribution in [2.75, 3.05) is 5.32 Å². The minimum Gasteiger partial charge on any atom is -0.478 e. The van der Waals surface area contributed by atoms with Crippen LogP contribution in [0.25, 0.3) is 0 Å². The number of anilines is 1. The van der Waals surface area contributed by atoms with E-state index in [2.05, 4.69) is 15.6 Å². The molecule has 104 valence electrons. The third-order valence-electron chi connectivity index (χ3n) is 2.47. The highest BCUT2D eigenvalue weighted by atomic mass is 32.1. The number of carboxylic acid groups (broad SMARTS) is 1. The van der Waals surface area contributed by atoms with Crippen molar-refractivity contribution >= 4 is 29.0 Å². The van der Waals surface area contributed by atoms with Gasteiger partial charge in [0.1, 0.15) is 5.01 Å². The van der Waals surface area contributed by atoms with Crippen LogP contribution in [0.3, 0.4) is 0 Å². The number of nitrogens with zero attached hydrogens (tertiary/aromatic N) is 1. The summed E-state index contributed by atoms with van der Waals surface area (Å²) in [5.74, 6) is -1.09. The number of para-hydroxylation sites is 1. The molecule has 0 spiro atoms. The van der Waals surface area contributed by atoms with Gasteiger partial charge >= 0.3 is 12.0 Å². The molecule has 7 heteroatoms. The third kappa shape index (κ3) is 3.55. The predicted molar refractivity (Wildman–Crippen MR) is 76.1 cm³/mol. The molecule has 0 unspecified atom stereocenters. The van der Waals surface area contributed by atoms with Crippen molar-refractivity contribution in [2.24, 2.45) is 0 Å². The predicted octanol–water partition coefficient (Wildman–Crippen LogP) is 2.47. The van der Waals surface area contributed by atoms with Crippen molar-refractivity contribution in [3.8, 4) is 0 Å². The molecule has 1 aromatic heterocycles. The molecule has 20 heavy (non-hydrogen) atoms. The molecule has 6 nitrogen and oxygen atoms in total. The second kappa shape index (κ2) is 6.16. The van der Waals surface area contributed by atoms with E-state index in [0.29, 0.717) is 6.54 Å². The number of aryl methyl sites for hydroxylation is 1. The van der Waals surface area contributed by atoms with Crippen LogP contribution in [0.5, 0.6) is 0 Å². The Hall–Kier alpha value is -2.41. The highest BCUT2D eigenvalue weighted by Crippen LogP contribution is 2.15. The van der Waals surface area contributed by atoms with Gasteiger partial charge in [0.15, 0.2) is 0 Å². The molecule has 3 N–H and O–H groups in total. The van der Waals surface area contributed by atoms with Gasteiger partial charge in [0.2, 0.25) is 0 Å². The lowest BCUT2D eigenvalue weighted by molar-refractivity contribution is 0.0698. The first-order valence-electron chi connectivity index (χ1n) is 5.85. The lowest BCUT2D eigenvalue weighted by Gasteiger charge is -2.08. The molecule has 1 aromatic carbocycles. The number of aromatic carboxylic acids is 1. The number of benzene rings is 1. The summed E-state index contributed by atoms with van der Waals surface area (Å²) < 4.78 is 0. The van der Waals surface area contributed by atoms with E-state index in [1.807, 2.05) is 6.92 Å². The van der Waals surface area contributed by atoms with Crippen LogP contribution in [0, 0.1) is 6.92 Å². The summed E-state index contributed by atoms with van der Waals surface area (Å²) in [6, 6.07) is 5.77. The molecule has 0 fully saturated rings. The quantitative estimate of drug-likeness (QED) is 0.807. The zero-order valence-corrected chi connectivity index (χ0v) is 11.5. The Morgan fingerprint density at radius 3 is 2.75 bits per heavy atom. The molecule has 0 saturated carbocycles. The van der Waals surface area contributed by atoms with Crippen LogP contribution >= 0.6 is 11.3 Å². The highest BCUT2D eigenvalue weighted by molar-refractivity contribution is 7.11. The van der Waals surface area contributed by atoms with Gasteiger partial charge in [-0.1, -0.05) is 12.1 Å². The van der Waals surface area contributed by atoms with Crippen LogP contribution in [0.2, 0.25) is 0 Å². The Morgan fingerprint density at radius 2 is 2.10 bits per heavy atom. The first-order chi connectivity index (χ1) is 9.56. The second-order valence-corrected chi connectivity index (χ2v) is 5.34. The number of rotatable bonds is 4. The maximum Gasteiger partial charge on any atom is 0.337 e. The summed E-state index contributed by atoms with van der Waals surface area (Å²) in [6.07, 6.45) is 1.74. The Morgan fingerprint density at radius 1 is 1.35 bits per heavy atom. The molecular weight excluding hydrogens is 278 g/mol. The highest BCUT2D eigenvalue weighted by Gasteiger charge is 2.11. The summed E-state index contributed by atoms with van der Waals surface area (Å²) in [4.78, 5) is 27.9. The van der Waals surface area contributed by atoms with Gasteiger partial charge in [0, 0.05) is 11.1 Å². The maximum atomic E-state index is 11.7. The number of hydrogen-bond acceptors (Lipinski definition) is 4. The van der Waals surface area contributed by atoms with E-state index < -0.39 is 12.0 Å². The molecule has 0 radical (unpaired) electrons. The summed E-state index contributed by atoms with van der Waals surface area (Å²) >= 11 is 1.50. The smallest absolute Gasteiger partial charge is 0.337 e. The van der Waals surface area contributed by atoms with Crippen molar-refractivity contribution < 1.29 is 14.7 Å². The van der Waals surface area contributed by atoms with Gasteiger partial charge < -0.3 is 15.7 Å². The molecule has 0 atom stereocenters. The molecule has 0 aliphatic carbocycles. The number of urea groups is 1. The fraction of sp³-hybridized carbons (Fsp3) is 0.154. The number of thiazole rings is 1. The topological polar surface area (TPSA) is 91.3 Å². The van der Waals surface area contributed by atoms with Gasteiger partial charge in [0.25, 0.3) is 0 Å². The largest absolute Gasteiger partial charge is 0.478 e. The zero-order chi connectivity index (χ0) is 14.5. The fourth-order valence-corrected chi connectivity index (χ4v) is 2.31. The van der Waals surface area contributed by atoms with Crippen LogP contribution in [0.4, 0.5) is 10.5 Å². The summed E-state index contributed by atoms with van der Waals surface area (Å²) in [5.41, 5.74) is 0.306. The molecule has 0 bridgehead atoms. The fourth-order valence-electron chi connectivity index (χ4n) is 1.58. The summed E-state index contributed by atoms with van der Waals surface area (Å²) in [5, 5.41) is 15.0. The first kappa shape index (κ1) is 14.0. The monoisotopic (exact) mass is 291 g/mol. The van der Waals surface area contributed by atoms with E-state index in [0.717, 1.165) is 9.88 Å². The van der Waals surface area contributed by atoms with E-state index in [9.17, 15) is 9.59 Å². The van der Waals surface area contributed by atoms with E-state index in [1.165, 1.54) is 23.5 Å². The van der Waals surface area contributed by atoms with E-state index in [1.54, 1.807) is 18.3 Å². The number of carboxylic acids is 1. The molecule has 2 aromatic rings. The van der Waals surface area contributed by atoms with Gasteiger partial charge in [-0.3, -0.25) is 0 Å². The van der Waals surface area contributed by atoms with Crippen molar-refractivity contribution in [3.63, 3.8) is 0 Å². The second-order valence-electron chi connectivity index (χ2n) is 4.02. The van der Waals surface area contributed by atoms with E-state index in [-0.39, 0.29) is 11.3 Å². The average molecular weight is 291 g/mol. The lowest BCUT2D eigenvalue weighted by Crippen LogP contribution is -2.28. The number of nitrogens with one attached hydrogen (secondary N) is 2. The van der Waals surface area contributed by atoms with E-state index >= 15 is 0 Å². The molecule has 1 heterocycles. The minimum absolute atomic E-state index is 0.0488. The molecule has 0 aliphatic heterocycles. The molecular formula is C13H13N3O3S. The molecule has 0 aliphatic rings. The van der Waals surface area contributed by atoms with Crippen molar-refractivity contribution in [1.29, 1.82) is 0 Å². The molecule has 2 rings (SSSR count). The number of aromatic nitrogens is 1. The molecule has 2 amide bonds. The Balaban J connectivity index is 1.96. The van der Waals surface area contributed by atoms with Crippen LogP contribution < -0.4 is 10.6 Å². The number of carbonyl (C=O) groups excluding carboxylic acids is 1. The lowest BCUT2D eigenvalue weighted by atomic mass is 10.2. The van der Waals surface area contributed by atoms with Crippen molar-refractivity contribution in [3.05, 3.63) is 45.9 Å².